The van der Waals surface area contributed by atoms with Crippen molar-refractivity contribution >= 4 is 6.03 Å². The van der Waals surface area contributed by atoms with E-state index in [1.807, 2.05) is 31.2 Å². The minimum Gasteiger partial charge on any atom is -0.497 e. The van der Waals surface area contributed by atoms with Crippen LogP contribution in [0.25, 0.3) is 11.5 Å². The smallest absolute Gasteiger partial charge is 0.315 e. The van der Waals surface area contributed by atoms with E-state index in [4.69, 9.17) is 9.15 Å². The first kappa shape index (κ1) is 18.3. The fourth-order valence-electron chi connectivity index (χ4n) is 3.29. The maximum absolute atomic E-state index is 12.0. The molecule has 6 heteroatoms. The first-order valence-corrected chi connectivity index (χ1v) is 9.31. The minimum atomic E-state index is -0.0894. The van der Waals surface area contributed by atoms with Crippen LogP contribution in [0.5, 0.6) is 5.75 Å². The van der Waals surface area contributed by atoms with Crippen molar-refractivity contribution in [1.29, 1.82) is 0 Å². The van der Waals surface area contributed by atoms with Crippen LogP contribution in [0.4, 0.5) is 4.79 Å². The maximum Gasteiger partial charge on any atom is 0.315 e. The third-order valence-corrected chi connectivity index (χ3v) is 4.82. The van der Waals surface area contributed by atoms with E-state index >= 15 is 0 Å². The van der Waals surface area contributed by atoms with Crippen LogP contribution in [0.3, 0.4) is 0 Å². The monoisotopic (exact) mass is 357 g/mol. The number of carbonyl (C=O) groups excluding carboxylic acids is 1. The summed E-state index contributed by atoms with van der Waals surface area (Å²) in [6.45, 7) is 2.44. The lowest BCUT2D eigenvalue weighted by Gasteiger charge is -2.22. The van der Waals surface area contributed by atoms with Crippen molar-refractivity contribution < 1.29 is 13.9 Å². The summed E-state index contributed by atoms with van der Waals surface area (Å²) in [5.41, 5.74) is 1.77. The van der Waals surface area contributed by atoms with Crippen molar-refractivity contribution in [3.8, 4) is 17.2 Å². The zero-order valence-electron chi connectivity index (χ0n) is 15.5. The van der Waals surface area contributed by atoms with Crippen molar-refractivity contribution in [1.82, 2.24) is 15.6 Å². The molecule has 0 atom stereocenters. The molecule has 1 aromatic heterocycles. The quantitative estimate of drug-likeness (QED) is 0.824. The number of rotatable bonds is 6. The standard InChI is InChI=1S/C20H27N3O3/c1-14-18(12-13-21-20(24)22-16-6-4-3-5-7-16)23-19(26-14)15-8-10-17(25-2)11-9-15/h8-11,16H,3-7,12-13H2,1-2H3,(H2,21,22,24). The van der Waals surface area contributed by atoms with E-state index in [0.29, 0.717) is 24.9 Å². The second-order valence-corrected chi connectivity index (χ2v) is 6.74. The molecule has 0 unspecified atom stereocenters. The molecule has 1 aliphatic carbocycles. The van der Waals surface area contributed by atoms with Crippen LogP contribution in [-0.4, -0.2) is 30.7 Å². The summed E-state index contributed by atoms with van der Waals surface area (Å²) in [4.78, 5) is 16.6. The van der Waals surface area contributed by atoms with Gasteiger partial charge in [0.2, 0.25) is 5.89 Å². The number of amides is 2. The summed E-state index contributed by atoms with van der Waals surface area (Å²) in [6, 6.07) is 7.83. The number of carbonyl (C=O) groups is 1. The van der Waals surface area contributed by atoms with E-state index in [9.17, 15) is 4.79 Å². The molecule has 1 aliphatic rings. The van der Waals surface area contributed by atoms with Gasteiger partial charge in [0.15, 0.2) is 0 Å². The topological polar surface area (TPSA) is 76.4 Å². The number of oxazole rings is 1. The minimum absolute atomic E-state index is 0.0894. The molecule has 0 spiro atoms. The fraction of sp³-hybridized carbons (Fsp3) is 0.500. The first-order valence-electron chi connectivity index (χ1n) is 9.31. The van der Waals surface area contributed by atoms with E-state index in [2.05, 4.69) is 15.6 Å². The Kier molecular flexibility index (Phi) is 6.15. The molecule has 3 rings (SSSR count). The normalized spacial score (nSPS) is 14.8. The van der Waals surface area contributed by atoms with Crippen molar-refractivity contribution in [2.45, 2.75) is 51.5 Å². The summed E-state index contributed by atoms with van der Waals surface area (Å²) in [5, 5.41) is 5.98. The predicted octanol–water partition coefficient (Wildman–Crippen LogP) is 3.83. The number of ether oxygens (including phenoxy) is 1. The Morgan fingerprint density at radius 3 is 2.65 bits per heavy atom. The molecule has 26 heavy (non-hydrogen) atoms. The Morgan fingerprint density at radius 1 is 1.23 bits per heavy atom. The third-order valence-electron chi connectivity index (χ3n) is 4.82. The molecule has 0 saturated heterocycles. The SMILES string of the molecule is COc1ccc(-c2nc(CCNC(=O)NC3CCCCC3)c(C)o2)cc1. The van der Waals surface area contributed by atoms with Crippen LogP contribution in [0, 0.1) is 6.92 Å². The Balaban J connectivity index is 1.50. The van der Waals surface area contributed by atoms with Crippen molar-refractivity contribution in [2.24, 2.45) is 0 Å². The Bertz CT molecular complexity index is 718. The second-order valence-electron chi connectivity index (χ2n) is 6.74. The molecular formula is C20H27N3O3. The molecule has 2 aromatic rings. The molecule has 1 aromatic carbocycles. The van der Waals surface area contributed by atoms with Gasteiger partial charge in [-0.1, -0.05) is 19.3 Å². The van der Waals surface area contributed by atoms with Gasteiger partial charge >= 0.3 is 6.03 Å². The molecule has 140 valence electrons. The van der Waals surface area contributed by atoms with Gasteiger partial charge in [-0.2, -0.15) is 0 Å². The zero-order chi connectivity index (χ0) is 18.4. The van der Waals surface area contributed by atoms with Crippen LogP contribution < -0.4 is 15.4 Å². The fourth-order valence-corrected chi connectivity index (χ4v) is 3.29. The van der Waals surface area contributed by atoms with Crippen LogP contribution in [0.2, 0.25) is 0 Å². The molecular weight excluding hydrogens is 330 g/mol. The third kappa shape index (κ3) is 4.77. The largest absolute Gasteiger partial charge is 0.497 e. The van der Waals surface area contributed by atoms with E-state index in [-0.39, 0.29) is 6.03 Å². The average Bonchev–Trinajstić information content (AvgIpc) is 3.03. The number of hydrogen-bond acceptors (Lipinski definition) is 4. The van der Waals surface area contributed by atoms with Crippen LogP contribution in [0.15, 0.2) is 28.7 Å². The van der Waals surface area contributed by atoms with Crippen molar-refractivity contribution in [3.05, 3.63) is 35.7 Å². The second kappa shape index (κ2) is 8.74. The first-order chi connectivity index (χ1) is 12.7. The van der Waals surface area contributed by atoms with Crippen LogP contribution >= 0.6 is 0 Å². The van der Waals surface area contributed by atoms with E-state index in [0.717, 1.165) is 35.6 Å². The van der Waals surface area contributed by atoms with Gasteiger partial charge in [0.25, 0.3) is 0 Å². The highest BCUT2D eigenvalue weighted by molar-refractivity contribution is 5.74. The Labute approximate surface area is 154 Å². The van der Waals surface area contributed by atoms with Gasteiger partial charge in [-0.15, -0.1) is 0 Å². The van der Waals surface area contributed by atoms with Gasteiger partial charge in [0.05, 0.1) is 12.8 Å². The number of hydrogen-bond donors (Lipinski definition) is 2. The number of urea groups is 1. The molecule has 0 radical (unpaired) electrons. The molecule has 0 bridgehead atoms. The summed E-state index contributed by atoms with van der Waals surface area (Å²) >= 11 is 0. The Hall–Kier alpha value is -2.50. The molecule has 0 aliphatic heterocycles. The van der Waals surface area contributed by atoms with Crippen LogP contribution in [-0.2, 0) is 6.42 Å². The van der Waals surface area contributed by atoms with Crippen LogP contribution in [0.1, 0.15) is 43.6 Å². The van der Waals surface area contributed by atoms with Gasteiger partial charge in [0.1, 0.15) is 11.5 Å². The molecule has 2 N–H and O–H groups in total. The molecule has 1 fully saturated rings. The lowest BCUT2D eigenvalue weighted by atomic mass is 9.96. The number of benzene rings is 1. The number of aryl methyl sites for hydroxylation is 1. The average molecular weight is 357 g/mol. The summed E-state index contributed by atoms with van der Waals surface area (Å²) in [7, 11) is 1.64. The maximum atomic E-state index is 12.0. The molecule has 6 nitrogen and oxygen atoms in total. The van der Waals surface area contributed by atoms with Gasteiger partial charge in [-0.3, -0.25) is 0 Å². The number of aromatic nitrogens is 1. The number of nitrogens with one attached hydrogen (secondary N) is 2. The van der Waals surface area contributed by atoms with Crippen molar-refractivity contribution in [3.63, 3.8) is 0 Å². The molecule has 2 amide bonds. The molecule has 1 heterocycles. The lowest BCUT2D eigenvalue weighted by molar-refractivity contribution is 0.233. The summed E-state index contributed by atoms with van der Waals surface area (Å²) < 4.78 is 10.9. The lowest BCUT2D eigenvalue weighted by Crippen LogP contribution is -2.43. The van der Waals surface area contributed by atoms with Gasteiger partial charge in [0, 0.05) is 24.6 Å². The molecule has 1 saturated carbocycles. The van der Waals surface area contributed by atoms with Gasteiger partial charge in [-0.05, 0) is 44.0 Å². The highest BCUT2D eigenvalue weighted by Crippen LogP contribution is 2.24. The predicted molar refractivity (Wildman–Crippen MR) is 100 cm³/mol. The summed E-state index contributed by atoms with van der Waals surface area (Å²) in [6.07, 6.45) is 6.50. The van der Waals surface area contributed by atoms with E-state index in [1.54, 1.807) is 7.11 Å². The Morgan fingerprint density at radius 2 is 1.96 bits per heavy atom. The van der Waals surface area contributed by atoms with Gasteiger partial charge < -0.3 is 19.8 Å². The number of methoxy groups -OCH3 is 1. The number of nitrogens with zero attached hydrogens (tertiary/aromatic N) is 1. The van der Waals surface area contributed by atoms with Gasteiger partial charge in [-0.25, -0.2) is 9.78 Å². The summed E-state index contributed by atoms with van der Waals surface area (Å²) in [5.74, 6) is 2.17. The highest BCUT2D eigenvalue weighted by atomic mass is 16.5. The van der Waals surface area contributed by atoms with E-state index < -0.39 is 0 Å². The highest BCUT2D eigenvalue weighted by Gasteiger charge is 2.16. The zero-order valence-corrected chi connectivity index (χ0v) is 15.5. The van der Waals surface area contributed by atoms with E-state index in [1.165, 1.54) is 19.3 Å². The van der Waals surface area contributed by atoms with Crippen molar-refractivity contribution in [2.75, 3.05) is 13.7 Å².